The highest BCUT2D eigenvalue weighted by Crippen LogP contribution is 2.19. The maximum absolute atomic E-state index is 12.4. The molecule has 1 heterocycles. The third-order valence-electron chi connectivity index (χ3n) is 4.84. The largest absolute Gasteiger partial charge is 0.354 e. The van der Waals surface area contributed by atoms with Gasteiger partial charge in [0.1, 0.15) is 12.6 Å². The molecule has 26 heavy (non-hydrogen) atoms. The first-order valence-corrected chi connectivity index (χ1v) is 9.24. The van der Waals surface area contributed by atoms with Gasteiger partial charge in [-0.25, -0.2) is 4.79 Å². The molecular weight excluding hydrogens is 330 g/mol. The first-order valence-electron chi connectivity index (χ1n) is 9.24. The summed E-state index contributed by atoms with van der Waals surface area (Å²) in [6, 6.07) is 8.40. The topological polar surface area (TPSA) is 78.5 Å². The Labute approximate surface area is 153 Å². The molecule has 0 radical (unpaired) electrons. The van der Waals surface area contributed by atoms with Crippen molar-refractivity contribution in [2.75, 3.05) is 13.1 Å². The molecule has 1 aliphatic carbocycles. The smallest absolute Gasteiger partial charge is 0.325 e. The molecule has 1 aliphatic heterocycles. The predicted molar refractivity (Wildman–Crippen MR) is 98.4 cm³/mol. The maximum atomic E-state index is 12.4. The quantitative estimate of drug-likeness (QED) is 0.581. The fourth-order valence-electron chi connectivity index (χ4n) is 3.41. The van der Waals surface area contributed by atoms with Crippen molar-refractivity contribution < 1.29 is 14.4 Å². The number of nitrogens with zero attached hydrogens (tertiary/aromatic N) is 1. The van der Waals surface area contributed by atoms with Crippen LogP contribution in [0.3, 0.4) is 0 Å². The van der Waals surface area contributed by atoms with Crippen molar-refractivity contribution >= 4 is 17.8 Å². The molecule has 0 saturated carbocycles. The molecule has 6 nitrogen and oxygen atoms in total. The Hall–Kier alpha value is -2.63. The van der Waals surface area contributed by atoms with Crippen LogP contribution in [0.4, 0.5) is 4.79 Å². The predicted octanol–water partition coefficient (Wildman–Crippen LogP) is 2.16. The van der Waals surface area contributed by atoms with E-state index in [4.69, 9.17) is 0 Å². The van der Waals surface area contributed by atoms with Crippen LogP contribution in [0.1, 0.15) is 37.7 Å². The van der Waals surface area contributed by atoms with Gasteiger partial charge in [0.2, 0.25) is 5.91 Å². The number of amides is 4. The van der Waals surface area contributed by atoms with Crippen LogP contribution in [0.15, 0.2) is 42.0 Å². The summed E-state index contributed by atoms with van der Waals surface area (Å²) in [7, 11) is 0. The van der Waals surface area contributed by atoms with Crippen LogP contribution in [0.5, 0.6) is 0 Å². The zero-order chi connectivity index (χ0) is 18.4. The average Bonchev–Trinajstić information content (AvgIpc) is 2.91. The highest BCUT2D eigenvalue weighted by Gasteiger charge is 2.38. The van der Waals surface area contributed by atoms with Crippen molar-refractivity contribution in [1.82, 2.24) is 15.5 Å². The summed E-state index contributed by atoms with van der Waals surface area (Å²) in [6.07, 6.45) is 8.19. The third-order valence-corrected chi connectivity index (χ3v) is 4.84. The van der Waals surface area contributed by atoms with Gasteiger partial charge in [-0.05, 0) is 37.7 Å². The average molecular weight is 355 g/mol. The summed E-state index contributed by atoms with van der Waals surface area (Å²) in [5, 5.41) is 5.47. The van der Waals surface area contributed by atoms with Gasteiger partial charge in [-0.2, -0.15) is 0 Å². The standard InChI is InChI=1S/C20H25N3O3/c24-18(21-12-11-15-7-3-1-4-8-15)14-23-19(25)17(22-20(23)26)13-16-9-5-2-6-10-16/h2,5-7,9-10,17H,1,3-4,8,11-14H2,(H,21,24)(H,22,26)/t17-/m0/s1. The minimum absolute atomic E-state index is 0.227. The minimum atomic E-state index is -0.606. The summed E-state index contributed by atoms with van der Waals surface area (Å²) < 4.78 is 0. The fraction of sp³-hybridized carbons (Fsp3) is 0.450. The number of rotatable bonds is 7. The van der Waals surface area contributed by atoms with E-state index >= 15 is 0 Å². The molecular formula is C20H25N3O3. The van der Waals surface area contributed by atoms with Crippen molar-refractivity contribution in [3.8, 4) is 0 Å². The van der Waals surface area contributed by atoms with Gasteiger partial charge >= 0.3 is 6.03 Å². The molecule has 0 bridgehead atoms. The van der Waals surface area contributed by atoms with Crippen molar-refractivity contribution in [2.45, 2.75) is 44.6 Å². The van der Waals surface area contributed by atoms with E-state index in [-0.39, 0.29) is 18.4 Å². The zero-order valence-electron chi connectivity index (χ0n) is 14.9. The van der Waals surface area contributed by atoms with E-state index in [0.29, 0.717) is 13.0 Å². The number of benzene rings is 1. The summed E-state index contributed by atoms with van der Waals surface area (Å²) in [5.41, 5.74) is 2.35. The molecule has 1 saturated heterocycles. The number of hydrogen-bond donors (Lipinski definition) is 2. The second kappa shape index (κ2) is 8.65. The molecule has 0 aromatic heterocycles. The number of nitrogens with one attached hydrogen (secondary N) is 2. The van der Waals surface area contributed by atoms with Crippen molar-refractivity contribution in [3.05, 3.63) is 47.5 Å². The first-order chi connectivity index (χ1) is 12.6. The number of hydrogen-bond acceptors (Lipinski definition) is 3. The van der Waals surface area contributed by atoms with Gasteiger partial charge in [-0.15, -0.1) is 0 Å². The van der Waals surface area contributed by atoms with E-state index in [9.17, 15) is 14.4 Å². The molecule has 0 spiro atoms. The Morgan fingerprint density at radius 1 is 1.19 bits per heavy atom. The van der Waals surface area contributed by atoms with Crippen LogP contribution in [-0.4, -0.2) is 41.9 Å². The minimum Gasteiger partial charge on any atom is -0.354 e. The molecule has 3 rings (SSSR count). The van der Waals surface area contributed by atoms with Crippen molar-refractivity contribution in [1.29, 1.82) is 0 Å². The van der Waals surface area contributed by atoms with Crippen LogP contribution >= 0.6 is 0 Å². The number of urea groups is 1. The van der Waals surface area contributed by atoms with E-state index in [0.717, 1.165) is 29.7 Å². The summed E-state index contributed by atoms with van der Waals surface area (Å²) in [6.45, 7) is 0.316. The van der Waals surface area contributed by atoms with Gasteiger partial charge in [0.25, 0.3) is 5.91 Å². The lowest BCUT2D eigenvalue weighted by Gasteiger charge is -2.15. The molecule has 0 unspecified atom stereocenters. The van der Waals surface area contributed by atoms with E-state index in [2.05, 4.69) is 16.7 Å². The Morgan fingerprint density at radius 2 is 2.00 bits per heavy atom. The van der Waals surface area contributed by atoms with Gasteiger partial charge in [0, 0.05) is 13.0 Å². The van der Waals surface area contributed by atoms with E-state index < -0.39 is 12.1 Å². The molecule has 1 fully saturated rings. The second-order valence-electron chi connectivity index (χ2n) is 6.82. The van der Waals surface area contributed by atoms with Crippen molar-refractivity contribution in [3.63, 3.8) is 0 Å². The van der Waals surface area contributed by atoms with Crippen LogP contribution in [0.25, 0.3) is 0 Å². The Balaban J connectivity index is 1.46. The third kappa shape index (κ3) is 4.71. The summed E-state index contributed by atoms with van der Waals surface area (Å²) in [5.74, 6) is -0.644. The Morgan fingerprint density at radius 3 is 2.73 bits per heavy atom. The van der Waals surface area contributed by atoms with E-state index in [1.807, 2.05) is 30.3 Å². The van der Waals surface area contributed by atoms with Crippen LogP contribution in [-0.2, 0) is 16.0 Å². The number of imide groups is 1. The van der Waals surface area contributed by atoms with Gasteiger partial charge in [-0.3, -0.25) is 14.5 Å². The fourth-order valence-corrected chi connectivity index (χ4v) is 3.41. The molecule has 1 atom stereocenters. The molecule has 2 N–H and O–H groups in total. The van der Waals surface area contributed by atoms with Crippen molar-refractivity contribution in [2.24, 2.45) is 0 Å². The number of carbonyl (C=O) groups is 3. The highest BCUT2D eigenvalue weighted by atomic mass is 16.2. The summed E-state index contributed by atoms with van der Waals surface area (Å²) in [4.78, 5) is 37.6. The lowest BCUT2D eigenvalue weighted by Crippen LogP contribution is -2.41. The van der Waals surface area contributed by atoms with Gasteiger partial charge in [0.15, 0.2) is 0 Å². The SMILES string of the molecule is O=C(CN1C(=O)N[C@@H](Cc2ccccc2)C1=O)NCCC1=CCCCC1. The van der Waals surface area contributed by atoms with Crippen LogP contribution < -0.4 is 10.6 Å². The number of allylic oxidation sites excluding steroid dienone is 1. The number of carbonyl (C=O) groups excluding carboxylic acids is 3. The lowest BCUT2D eigenvalue weighted by molar-refractivity contribution is -0.132. The molecule has 138 valence electrons. The Bertz CT molecular complexity index is 700. The van der Waals surface area contributed by atoms with Gasteiger partial charge in [-0.1, -0.05) is 42.0 Å². The van der Waals surface area contributed by atoms with Gasteiger partial charge in [0.05, 0.1) is 0 Å². The summed E-state index contributed by atoms with van der Waals surface area (Å²) >= 11 is 0. The highest BCUT2D eigenvalue weighted by molar-refractivity contribution is 6.06. The zero-order valence-corrected chi connectivity index (χ0v) is 14.9. The molecule has 4 amide bonds. The Kier molecular flexibility index (Phi) is 6.04. The van der Waals surface area contributed by atoms with E-state index in [1.165, 1.54) is 18.4 Å². The van der Waals surface area contributed by atoms with E-state index in [1.54, 1.807) is 0 Å². The second-order valence-corrected chi connectivity index (χ2v) is 6.82. The van der Waals surface area contributed by atoms with Gasteiger partial charge < -0.3 is 10.6 Å². The molecule has 1 aromatic rings. The van der Waals surface area contributed by atoms with Crippen LogP contribution in [0.2, 0.25) is 0 Å². The molecule has 1 aromatic carbocycles. The maximum Gasteiger partial charge on any atom is 0.325 e. The first kappa shape index (κ1) is 18.2. The lowest BCUT2D eigenvalue weighted by atomic mass is 9.97. The monoisotopic (exact) mass is 355 g/mol. The molecule has 6 heteroatoms. The normalized spacial score (nSPS) is 19.9. The molecule has 2 aliphatic rings. The van der Waals surface area contributed by atoms with Crippen LogP contribution in [0, 0.1) is 0 Å².